The molecule has 0 saturated heterocycles. The minimum absolute atomic E-state index is 0.255. The van der Waals surface area contributed by atoms with Gasteiger partial charge >= 0.3 is 0 Å². The summed E-state index contributed by atoms with van der Waals surface area (Å²) in [5.74, 6) is 0. The average Bonchev–Trinajstić information content (AvgIpc) is 3.45. The zero-order chi connectivity index (χ0) is 25.1. The van der Waals surface area contributed by atoms with Crippen LogP contribution in [0, 0.1) is 0 Å². The summed E-state index contributed by atoms with van der Waals surface area (Å²) >= 11 is 0. The Labute approximate surface area is 223 Å². The predicted molar refractivity (Wildman–Crippen MR) is 157 cm³/mol. The van der Waals surface area contributed by atoms with Gasteiger partial charge in [-0.2, -0.15) is 0 Å². The summed E-state index contributed by atoms with van der Waals surface area (Å²) in [6.45, 7) is 0. The normalized spacial score (nSPS) is 13.6. The van der Waals surface area contributed by atoms with E-state index in [-0.39, 0.29) is 5.41 Å². The van der Waals surface area contributed by atoms with E-state index in [1.807, 2.05) is 0 Å². The first-order valence-electron chi connectivity index (χ1n) is 13.4. The standard InChI is InChI=1S/C38H26/c1-2-10-28(11-3-1)29-21-18-26(19-22-29)24-27-20-23-37-33(25-27)32-14-6-9-17-36(32)38(37)34-15-7-4-12-30(34)31-13-5-8-16-35(31)38/h1-23,25H,24H2. The van der Waals surface area contributed by atoms with Gasteiger partial charge in [-0.25, -0.2) is 0 Å². The van der Waals surface area contributed by atoms with Crippen LogP contribution < -0.4 is 0 Å². The summed E-state index contributed by atoms with van der Waals surface area (Å²) in [5.41, 5.74) is 16.0. The molecule has 0 nitrogen and oxygen atoms in total. The quantitative estimate of drug-likeness (QED) is 0.235. The van der Waals surface area contributed by atoms with Crippen molar-refractivity contribution in [1.29, 1.82) is 0 Å². The second-order valence-corrected chi connectivity index (χ2v) is 10.5. The summed E-state index contributed by atoms with van der Waals surface area (Å²) < 4.78 is 0. The van der Waals surface area contributed by atoms with Gasteiger partial charge < -0.3 is 0 Å². The van der Waals surface area contributed by atoms with E-state index in [4.69, 9.17) is 0 Å². The summed E-state index contributed by atoms with van der Waals surface area (Å²) in [6.07, 6.45) is 0.921. The molecule has 0 heteroatoms. The summed E-state index contributed by atoms with van der Waals surface area (Å²) in [7, 11) is 0. The van der Waals surface area contributed by atoms with E-state index in [1.165, 1.54) is 66.8 Å². The van der Waals surface area contributed by atoms with E-state index in [9.17, 15) is 0 Å². The van der Waals surface area contributed by atoms with Crippen molar-refractivity contribution in [3.8, 4) is 33.4 Å². The monoisotopic (exact) mass is 482 g/mol. The maximum Gasteiger partial charge on any atom is 0.0725 e. The van der Waals surface area contributed by atoms with Crippen molar-refractivity contribution in [2.45, 2.75) is 11.8 Å². The summed E-state index contributed by atoms with van der Waals surface area (Å²) in [5, 5.41) is 0. The van der Waals surface area contributed by atoms with Crippen LogP contribution in [0.5, 0.6) is 0 Å². The lowest BCUT2D eigenvalue weighted by Gasteiger charge is -2.30. The van der Waals surface area contributed by atoms with Gasteiger partial charge in [-0.05, 0) is 73.2 Å². The minimum Gasteiger partial charge on any atom is -0.0622 e. The van der Waals surface area contributed by atoms with Crippen molar-refractivity contribution in [2.24, 2.45) is 0 Å². The predicted octanol–water partition coefficient (Wildman–Crippen LogP) is 9.29. The van der Waals surface area contributed by atoms with Crippen LogP contribution in [0.15, 0.2) is 146 Å². The van der Waals surface area contributed by atoms with Crippen LogP contribution in [0.25, 0.3) is 33.4 Å². The number of hydrogen-bond acceptors (Lipinski definition) is 0. The van der Waals surface area contributed by atoms with E-state index in [1.54, 1.807) is 0 Å². The Kier molecular flexibility index (Phi) is 4.60. The second-order valence-electron chi connectivity index (χ2n) is 10.5. The highest BCUT2D eigenvalue weighted by atomic mass is 14.5. The van der Waals surface area contributed by atoms with Gasteiger partial charge in [0, 0.05) is 0 Å². The maximum atomic E-state index is 2.44. The van der Waals surface area contributed by atoms with Crippen molar-refractivity contribution in [2.75, 3.05) is 0 Å². The van der Waals surface area contributed by atoms with Gasteiger partial charge in [-0.3, -0.25) is 0 Å². The smallest absolute Gasteiger partial charge is 0.0622 e. The van der Waals surface area contributed by atoms with E-state index < -0.39 is 0 Å². The van der Waals surface area contributed by atoms with Crippen LogP contribution in [0.3, 0.4) is 0 Å². The van der Waals surface area contributed by atoms with Crippen LogP contribution >= 0.6 is 0 Å². The molecule has 0 saturated carbocycles. The van der Waals surface area contributed by atoms with Crippen LogP contribution in [0.2, 0.25) is 0 Å². The van der Waals surface area contributed by atoms with Gasteiger partial charge in [-0.15, -0.1) is 0 Å². The Hall–Kier alpha value is -4.68. The third-order valence-corrected chi connectivity index (χ3v) is 8.53. The second kappa shape index (κ2) is 8.16. The van der Waals surface area contributed by atoms with Gasteiger partial charge in [0.05, 0.1) is 5.41 Å². The first-order chi connectivity index (χ1) is 18.8. The number of fused-ring (bicyclic) bond motifs is 10. The molecule has 0 bridgehead atoms. The highest BCUT2D eigenvalue weighted by Gasteiger charge is 2.51. The number of benzene rings is 6. The van der Waals surface area contributed by atoms with Crippen molar-refractivity contribution in [3.63, 3.8) is 0 Å². The lowest BCUT2D eigenvalue weighted by atomic mass is 9.70. The van der Waals surface area contributed by atoms with Gasteiger partial charge in [0.1, 0.15) is 0 Å². The Morgan fingerprint density at radius 2 is 0.789 bits per heavy atom. The Morgan fingerprint density at radius 1 is 0.342 bits per heavy atom. The van der Waals surface area contributed by atoms with E-state index >= 15 is 0 Å². The number of hydrogen-bond donors (Lipinski definition) is 0. The first kappa shape index (κ1) is 21.4. The van der Waals surface area contributed by atoms with E-state index in [0.717, 1.165) is 6.42 Å². The molecular weight excluding hydrogens is 456 g/mol. The molecule has 0 atom stereocenters. The van der Waals surface area contributed by atoms with Gasteiger partial charge in [0.15, 0.2) is 0 Å². The SMILES string of the molecule is c1ccc(-c2ccc(Cc3ccc4c(c3)-c3ccccc3C43c4ccccc4-c4ccccc43)cc2)cc1. The fourth-order valence-corrected chi connectivity index (χ4v) is 6.94. The Morgan fingerprint density at radius 3 is 1.39 bits per heavy atom. The third-order valence-electron chi connectivity index (χ3n) is 8.53. The van der Waals surface area contributed by atoms with E-state index in [0.29, 0.717) is 0 Å². The highest BCUT2D eigenvalue weighted by molar-refractivity contribution is 5.95. The molecule has 0 amide bonds. The average molecular weight is 483 g/mol. The maximum absolute atomic E-state index is 2.44. The molecular formula is C38H26. The topological polar surface area (TPSA) is 0 Å². The minimum atomic E-state index is -0.255. The van der Waals surface area contributed by atoms with Gasteiger partial charge in [-0.1, -0.05) is 146 Å². The molecule has 1 spiro atoms. The molecule has 8 rings (SSSR count). The van der Waals surface area contributed by atoms with Crippen molar-refractivity contribution < 1.29 is 0 Å². The van der Waals surface area contributed by atoms with Crippen molar-refractivity contribution >= 4 is 0 Å². The largest absolute Gasteiger partial charge is 0.0725 e. The van der Waals surface area contributed by atoms with Crippen LogP contribution in [0.4, 0.5) is 0 Å². The molecule has 0 unspecified atom stereocenters. The van der Waals surface area contributed by atoms with Crippen molar-refractivity contribution in [1.82, 2.24) is 0 Å². The molecule has 2 aliphatic rings. The highest BCUT2D eigenvalue weighted by Crippen LogP contribution is 2.62. The molecule has 0 aliphatic heterocycles. The molecule has 2 aliphatic carbocycles. The number of rotatable bonds is 3. The van der Waals surface area contributed by atoms with Gasteiger partial charge in [0.2, 0.25) is 0 Å². The molecule has 0 heterocycles. The third kappa shape index (κ3) is 2.92. The Bertz CT molecular complexity index is 1780. The fraction of sp³-hybridized carbons (Fsp3) is 0.0526. The Balaban J connectivity index is 1.26. The van der Waals surface area contributed by atoms with Crippen LogP contribution in [-0.2, 0) is 11.8 Å². The summed E-state index contributed by atoms with van der Waals surface area (Å²) in [6, 6.07) is 53.8. The molecule has 0 fully saturated rings. The first-order valence-corrected chi connectivity index (χ1v) is 13.4. The zero-order valence-electron chi connectivity index (χ0n) is 21.1. The fourth-order valence-electron chi connectivity index (χ4n) is 6.94. The molecule has 0 N–H and O–H groups in total. The molecule has 0 aromatic heterocycles. The molecule has 6 aromatic rings. The van der Waals surface area contributed by atoms with Crippen LogP contribution in [0.1, 0.15) is 33.4 Å². The van der Waals surface area contributed by atoms with Crippen molar-refractivity contribution in [3.05, 3.63) is 179 Å². The molecule has 178 valence electrons. The molecule has 0 radical (unpaired) electrons. The van der Waals surface area contributed by atoms with Crippen LogP contribution in [-0.4, -0.2) is 0 Å². The molecule has 38 heavy (non-hydrogen) atoms. The van der Waals surface area contributed by atoms with Gasteiger partial charge in [0.25, 0.3) is 0 Å². The summed E-state index contributed by atoms with van der Waals surface area (Å²) in [4.78, 5) is 0. The lowest BCUT2D eigenvalue weighted by Crippen LogP contribution is -2.25. The lowest BCUT2D eigenvalue weighted by molar-refractivity contribution is 0.793. The zero-order valence-corrected chi connectivity index (χ0v) is 21.1. The van der Waals surface area contributed by atoms with E-state index in [2.05, 4.69) is 146 Å². The molecule has 6 aromatic carbocycles.